The normalized spacial score (nSPS) is 15.7. The average molecular weight is 438 g/mol. The first-order valence-corrected chi connectivity index (χ1v) is 10.6. The number of sulfonamides is 1. The molecule has 1 heterocycles. The number of urea groups is 1. The summed E-state index contributed by atoms with van der Waals surface area (Å²) in [6.07, 6.45) is 1.16. The second-order valence-corrected chi connectivity index (χ2v) is 8.67. The van der Waals surface area contributed by atoms with Crippen LogP contribution in [0.15, 0.2) is 64.0 Å². The molecule has 3 rings (SSSR count). The maximum atomic E-state index is 12.4. The number of carbonyl (C=O) groups is 1. The van der Waals surface area contributed by atoms with Gasteiger partial charge in [-0.05, 0) is 53.0 Å². The van der Waals surface area contributed by atoms with Gasteiger partial charge in [0.15, 0.2) is 0 Å². The van der Waals surface area contributed by atoms with Gasteiger partial charge in [-0.25, -0.2) is 17.9 Å². The Kier molecular flexibility index (Phi) is 5.95. The number of carbonyl (C=O) groups excluding carboxylic acids is 1. The van der Waals surface area contributed by atoms with Crippen LogP contribution in [-0.4, -0.2) is 38.5 Å². The lowest BCUT2D eigenvalue weighted by atomic mass is 10.1. The van der Waals surface area contributed by atoms with Crippen molar-refractivity contribution >= 4 is 37.7 Å². The second-order valence-electron chi connectivity index (χ2n) is 6.11. The van der Waals surface area contributed by atoms with Gasteiger partial charge in [0.25, 0.3) is 0 Å². The lowest BCUT2D eigenvalue weighted by Crippen LogP contribution is -2.47. The fourth-order valence-electron chi connectivity index (χ4n) is 2.84. The zero-order valence-electron chi connectivity index (χ0n) is 14.1. The summed E-state index contributed by atoms with van der Waals surface area (Å²) in [6.45, 7) is 0.997. The second kappa shape index (κ2) is 8.20. The third-order valence-electron chi connectivity index (χ3n) is 4.27. The van der Waals surface area contributed by atoms with E-state index in [-0.39, 0.29) is 17.0 Å². The van der Waals surface area contributed by atoms with Crippen molar-refractivity contribution in [1.29, 1.82) is 0 Å². The van der Waals surface area contributed by atoms with Gasteiger partial charge in [-0.15, -0.1) is 0 Å². The van der Waals surface area contributed by atoms with Gasteiger partial charge in [-0.1, -0.05) is 30.3 Å². The molecule has 1 fully saturated rings. The van der Waals surface area contributed by atoms with E-state index >= 15 is 0 Å². The summed E-state index contributed by atoms with van der Waals surface area (Å²) in [5, 5.41) is 2.87. The topological polar surface area (TPSA) is 78.5 Å². The monoisotopic (exact) mass is 437 g/mol. The molecular weight excluding hydrogens is 418 g/mol. The third-order valence-corrected chi connectivity index (χ3v) is 6.50. The van der Waals surface area contributed by atoms with Crippen LogP contribution in [0.4, 0.5) is 10.5 Å². The van der Waals surface area contributed by atoms with Crippen molar-refractivity contribution in [2.24, 2.45) is 0 Å². The summed E-state index contributed by atoms with van der Waals surface area (Å²) in [5.74, 6) is 0. The van der Waals surface area contributed by atoms with E-state index < -0.39 is 10.0 Å². The molecule has 6 nitrogen and oxygen atoms in total. The number of hydrogen-bond donors (Lipinski definition) is 2. The molecule has 0 aliphatic carbocycles. The first kappa shape index (κ1) is 18.9. The van der Waals surface area contributed by atoms with E-state index in [1.165, 1.54) is 0 Å². The number of para-hydroxylation sites is 1. The van der Waals surface area contributed by atoms with Crippen LogP contribution in [0.2, 0.25) is 0 Å². The van der Waals surface area contributed by atoms with Crippen LogP contribution in [0.25, 0.3) is 0 Å². The highest BCUT2D eigenvalue weighted by molar-refractivity contribution is 9.10. The van der Waals surface area contributed by atoms with Crippen LogP contribution in [0.5, 0.6) is 0 Å². The highest BCUT2D eigenvalue weighted by atomic mass is 79.9. The van der Waals surface area contributed by atoms with Crippen molar-refractivity contribution in [3.63, 3.8) is 0 Å². The van der Waals surface area contributed by atoms with Gasteiger partial charge in [0, 0.05) is 23.6 Å². The molecule has 138 valence electrons. The van der Waals surface area contributed by atoms with Crippen molar-refractivity contribution in [2.75, 3.05) is 18.4 Å². The van der Waals surface area contributed by atoms with Gasteiger partial charge >= 0.3 is 6.03 Å². The molecule has 0 saturated carbocycles. The molecule has 0 atom stereocenters. The minimum absolute atomic E-state index is 0.173. The summed E-state index contributed by atoms with van der Waals surface area (Å²) in [6, 6.07) is 15.4. The lowest BCUT2D eigenvalue weighted by molar-refractivity contribution is 0.193. The zero-order chi connectivity index (χ0) is 18.6. The lowest BCUT2D eigenvalue weighted by Gasteiger charge is -2.32. The average Bonchev–Trinajstić information content (AvgIpc) is 2.64. The highest BCUT2D eigenvalue weighted by Gasteiger charge is 2.26. The van der Waals surface area contributed by atoms with Crippen LogP contribution >= 0.6 is 15.9 Å². The van der Waals surface area contributed by atoms with Gasteiger partial charge in [0.1, 0.15) is 0 Å². The van der Waals surface area contributed by atoms with Gasteiger partial charge in [0.05, 0.1) is 10.6 Å². The van der Waals surface area contributed by atoms with Crippen molar-refractivity contribution in [3.05, 3.63) is 59.1 Å². The first-order valence-electron chi connectivity index (χ1n) is 8.33. The Morgan fingerprint density at radius 2 is 1.62 bits per heavy atom. The smallest absolute Gasteiger partial charge is 0.321 e. The number of amides is 2. The number of benzene rings is 2. The summed E-state index contributed by atoms with van der Waals surface area (Å²) in [7, 11) is -3.53. The van der Waals surface area contributed by atoms with E-state index in [9.17, 15) is 13.2 Å². The molecule has 2 aromatic carbocycles. The fraction of sp³-hybridized carbons (Fsp3) is 0.278. The van der Waals surface area contributed by atoms with Gasteiger partial charge in [-0.3, -0.25) is 0 Å². The number of halogens is 1. The summed E-state index contributed by atoms with van der Waals surface area (Å²) >= 11 is 3.40. The number of rotatable bonds is 4. The van der Waals surface area contributed by atoms with Crippen LogP contribution in [0.3, 0.4) is 0 Å². The molecule has 26 heavy (non-hydrogen) atoms. The minimum atomic E-state index is -3.53. The van der Waals surface area contributed by atoms with E-state index in [1.807, 2.05) is 24.3 Å². The Hall–Kier alpha value is -1.90. The molecule has 0 bridgehead atoms. The number of hydrogen-bond acceptors (Lipinski definition) is 3. The molecule has 0 radical (unpaired) electrons. The van der Waals surface area contributed by atoms with Crippen molar-refractivity contribution < 1.29 is 13.2 Å². The highest BCUT2D eigenvalue weighted by Crippen LogP contribution is 2.22. The molecule has 0 aromatic heterocycles. The quantitative estimate of drug-likeness (QED) is 0.768. The molecule has 0 unspecified atom stereocenters. The molecule has 2 amide bonds. The standard InChI is InChI=1S/C18H20BrN3O3S/c19-16-8-4-5-9-17(16)20-18(23)22-12-10-14(11-13-22)21-26(24,25)15-6-2-1-3-7-15/h1-9,14,21H,10-13H2,(H,20,23). The molecule has 1 saturated heterocycles. The summed E-state index contributed by atoms with van der Waals surface area (Å²) < 4.78 is 28.3. The Balaban J connectivity index is 1.54. The van der Waals surface area contributed by atoms with E-state index in [0.29, 0.717) is 31.6 Å². The maximum Gasteiger partial charge on any atom is 0.321 e. The Bertz CT molecular complexity index is 866. The van der Waals surface area contributed by atoms with Crippen molar-refractivity contribution in [3.8, 4) is 0 Å². The van der Waals surface area contributed by atoms with E-state index in [2.05, 4.69) is 26.0 Å². The van der Waals surface area contributed by atoms with Gasteiger partial charge in [-0.2, -0.15) is 0 Å². The maximum absolute atomic E-state index is 12.4. The summed E-state index contributed by atoms with van der Waals surface area (Å²) in [5.41, 5.74) is 0.712. The van der Waals surface area contributed by atoms with Crippen molar-refractivity contribution in [1.82, 2.24) is 9.62 Å². The molecule has 0 spiro atoms. The summed E-state index contributed by atoms with van der Waals surface area (Å²) in [4.78, 5) is 14.3. The van der Waals surface area contributed by atoms with Gasteiger partial charge in [0.2, 0.25) is 10.0 Å². The van der Waals surface area contributed by atoms with E-state index in [0.717, 1.165) is 4.47 Å². The van der Waals surface area contributed by atoms with Crippen LogP contribution < -0.4 is 10.0 Å². The van der Waals surface area contributed by atoms with Crippen molar-refractivity contribution in [2.45, 2.75) is 23.8 Å². The van der Waals surface area contributed by atoms with Crippen LogP contribution in [0, 0.1) is 0 Å². The largest absolute Gasteiger partial charge is 0.324 e. The molecule has 2 N–H and O–H groups in total. The number of nitrogens with one attached hydrogen (secondary N) is 2. The molecular formula is C18H20BrN3O3S. The fourth-order valence-corrected chi connectivity index (χ4v) is 4.55. The number of nitrogens with zero attached hydrogens (tertiary/aromatic N) is 1. The Labute approximate surface area is 161 Å². The SMILES string of the molecule is O=C(Nc1ccccc1Br)N1CCC(NS(=O)(=O)c2ccccc2)CC1. The predicted molar refractivity (Wildman–Crippen MR) is 105 cm³/mol. The number of piperidine rings is 1. The zero-order valence-corrected chi connectivity index (χ0v) is 16.5. The predicted octanol–water partition coefficient (Wildman–Crippen LogP) is 3.42. The van der Waals surface area contributed by atoms with Crippen LogP contribution in [-0.2, 0) is 10.0 Å². The molecule has 2 aromatic rings. The third kappa shape index (κ3) is 4.63. The molecule has 1 aliphatic rings. The molecule has 8 heteroatoms. The number of likely N-dealkylation sites (tertiary alicyclic amines) is 1. The van der Waals surface area contributed by atoms with E-state index in [4.69, 9.17) is 0 Å². The molecule has 1 aliphatic heterocycles. The van der Waals surface area contributed by atoms with Gasteiger partial charge < -0.3 is 10.2 Å². The number of anilines is 1. The Morgan fingerprint density at radius 1 is 1.00 bits per heavy atom. The minimum Gasteiger partial charge on any atom is -0.324 e. The first-order chi connectivity index (χ1) is 12.5. The van der Waals surface area contributed by atoms with E-state index in [1.54, 1.807) is 35.2 Å². The Morgan fingerprint density at radius 3 is 2.27 bits per heavy atom. The van der Waals surface area contributed by atoms with Crippen LogP contribution in [0.1, 0.15) is 12.8 Å².